The minimum absolute atomic E-state index is 0.526. The molecule has 104 valence electrons. The number of hydrazone groups is 1. The molecule has 0 aliphatic carbocycles. The zero-order valence-electron chi connectivity index (χ0n) is 11.5. The maximum Gasteiger partial charge on any atom is 0.186 e. The van der Waals surface area contributed by atoms with Gasteiger partial charge in [-0.3, -0.25) is 5.43 Å². The molecule has 2 N–H and O–H groups in total. The molecule has 0 aliphatic rings. The van der Waals surface area contributed by atoms with Crippen LogP contribution < -0.4 is 15.5 Å². The van der Waals surface area contributed by atoms with E-state index in [1.807, 2.05) is 31.2 Å². The minimum Gasteiger partial charge on any atom is -0.494 e. The SMILES string of the molecule is CCCCOc1ccc(/C=N/NC(=S)NCC)cc1. The van der Waals surface area contributed by atoms with Crippen molar-refractivity contribution in [3.8, 4) is 5.75 Å². The molecule has 4 nitrogen and oxygen atoms in total. The van der Waals surface area contributed by atoms with Gasteiger partial charge in [0.15, 0.2) is 5.11 Å². The number of unbranched alkanes of at least 4 members (excludes halogenated alkanes) is 1. The van der Waals surface area contributed by atoms with Crippen LogP contribution >= 0.6 is 12.2 Å². The standard InChI is InChI=1S/C14H21N3OS/c1-3-5-10-18-13-8-6-12(7-9-13)11-16-17-14(19)15-4-2/h6-9,11H,3-5,10H2,1-2H3,(H2,15,17,19)/b16-11+. The van der Waals surface area contributed by atoms with Crippen molar-refractivity contribution in [1.29, 1.82) is 0 Å². The lowest BCUT2D eigenvalue weighted by Crippen LogP contribution is -2.31. The van der Waals surface area contributed by atoms with Crippen LogP contribution in [0.1, 0.15) is 32.3 Å². The summed E-state index contributed by atoms with van der Waals surface area (Å²) in [6.07, 6.45) is 3.94. The van der Waals surface area contributed by atoms with E-state index in [-0.39, 0.29) is 0 Å². The largest absolute Gasteiger partial charge is 0.494 e. The van der Waals surface area contributed by atoms with Gasteiger partial charge in [0.1, 0.15) is 5.75 Å². The molecule has 0 spiro atoms. The van der Waals surface area contributed by atoms with Crippen LogP contribution in [0.25, 0.3) is 0 Å². The van der Waals surface area contributed by atoms with Crippen LogP contribution in [0.15, 0.2) is 29.4 Å². The van der Waals surface area contributed by atoms with Crippen LogP contribution in [0.3, 0.4) is 0 Å². The summed E-state index contributed by atoms with van der Waals surface area (Å²) in [5.74, 6) is 0.890. The van der Waals surface area contributed by atoms with Crippen molar-refractivity contribution in [2.45, 2.75) is 26.7 Å². The lowest BCUT2D eigenvalue weighted by Gasteiger charge is -2.05. The fraction of sp³-hybridized carbons (Fsp3) is 0.429. The maximum atomic E-state index is 5.59. The lowest BCUT2D eigenvalue weighted by molar-refractivity contribution is 0.309. The molecule has 1 aromatic carbocycles. The van der Waals surface area contributed by atoms with Crippen molar-refractivity contribution in [2.75, 3.05) is 13.2 Å². The summed E-state index contributed by atoms with van der Waals surface area (Å²) in [6.45, 7) is 5.68. The Bertz CT molecular complexity index is 404. The first-order valence-corrected chi connectivity index (χ1v) is 6.96. The van der Waals surface area contributed by atoms with Gasteiger partial charge in [-0.25, -0.2) is 0 Å². The number of nitrogens with zero attached hydrogens (tertiary/aromatic N) is 1. The Morgan fingerprint density at radius 2 is 2.05 bits per heavy atom. The van der Waals surface area contributed by atoms with Gasteiger partial charge in [-0.15, -0.1) is 0 Å². The first-order chi connectivity index (χ1) is 9.26. The average Bonchev–Trinajstić information content (AvgIpc) is 2.41. The van der Waals surface area contributed by atoms with Crippen LogP contribution in [-0.2, 0) is 0 Å². The second-order valence-electron chi connectivity index (χ2n) is 4.00. The summed E-state index contributed by atoms with van der Waals surface area (Å²) in [5, 5.41) is 7.53. The second kappa shape index (κ2) is 9.33. The smallest absolute Gasteiger partial charge is 0.186 e. The average molecular weight is 279 g/mol. The number of ether oxygens (including phenoxy) is 1. The van der Waals surface area contributed by atoms with Gasteiger partial charge in [0.25, 0.3) is 0 Å². The third kappa shape index (κ3) is 6.76. The van der Waals surface area contributed by atoms with Crippen molar-refractivity contribution < 1.29 is 4.74 Å². The highest BCUT2D eigenvalue weighted by atomic mass is 32.1. The number of hydrogen-bond donors (Lipinski definition) is 2. The topological polar surface area (TPSA) is 45.6 Å². The van der Waals surface area contributed by atoms with Gasteiger partial charge in [0.2, 0.25) is 0 Å². The van der Waals surface area contributed by atoms with Gasteiger partial charge >= 0.3 is 0 Å². The first-order valence-electron chi connectivity index (χ1n) is 6.56. The fourth-order valence-corrected chi connectivity index (χ4v) is 1.55. The van der Waals surface area contributed by atoms with Crippen molar-refractivity contribution in [3.63, 3.8) is 0 Å². The molecule has 0 amide bonds. The van der Waals surface area contributed by atoms with Crippen molar-refractivity contribution in [3.05, 3.63) is 29.8 Å². The van der Waals surface area contributed by atoms with E-state index in [4.69, 9.17) is 17.0 Å². The van der Waals surface area contributed by atoms with Gasteiger partial charge in [-0.2, -0.15) is 5.10 Å². The van der Waals surface area contributed by atoms with Crippen LogP contribution in [0, 0.1) is 0 Å². The molecule has 0 unspecified atom stereocenters. The Kier molecular flexibility index (Phi) is 7.58. The van der Waals surface area contributed by atoms with Crippen LogP contribution in [0.2, 0.25) is 0 Å². The van der Waals surface area contributed by atoms with E-state index < -0.39 is 0 Å². The van der Waals surface area contributed by atoms with Gasteiger partial charge in [0.05, 0.1) is 12.8 Å². The van der Waals surface area contributed by atoms with E-state index in [9.17, 15) is 0 Å². The van der Waals surface area contributed by atoms with Crippen molar-refractivity contribution in [1.82, 2.24) is 10.7 Å². The van der Waals surface area contributed by atoms with Gasteiger partial charge < -0.3 is 10.1 Å². The minimum atomic E-state index is 0.526. The quantitative estimate of drug-likeness (QED) is 0.349. The predicted molar refractivity (Wildman–Crippen MR) is 83.8 cm³/mol. The van der Waals surface area contributed by atoms with E-state index in [2.05, 4.69) is 22.8 Å². The summed E-state index contributed by atoms with van der Waals surface area (Å²) >= 11 is 4.99. The monoisotopic (exact) mass is 279 g/mol. The molecule has 0 fully saturated rings. The lowest BCUT2D eigenvalue weighted by atomic mass is 10.2. The summed E-state index contributed by atoms with van der Waals surface area (Å²) < 4.78 is 5.59. The molecule has 0 bridgehead atoms. The highest BCUT2D eigenvalue weighted by molar-refractivity contribution is 7.80. The molecule has 0 atom stereocenters. The molecule has 0 radical (unpaired) electrons. The zero-order valence-corrected chi connectivity index (χ0v) is 12.3. The van der Waals surface area contributed by atoms with Gasteiger partial charge in [-0.05, 0) is 55.4 Å². The molecule has 0 heterocycles. The molecular formula is C14H21N3OS. The summed E-state index contributed by atoms with van der Waals surface area (Å²) in [7, 11) is 0. The molecule has 0 aliphatic heterocycles. The Hall–Kier alpha value is -1.62. The molecule has 1 aromatic rings. The van der Waals surface area contributed by atoms with E-state index >= 15 is 0 Å². The summed E-state index contributed by atoms with van der Waals surface area (Å²) in [5.41, 5.74) is 3.74. The van der Waals surface area contributed by atoms with Crippen LogP contribution in [-0.4, -0.2) is 24.5 Å². The zero-order chi connectivity index (χ0) is 13.9. The predicted octanol–water partition coefficient (Wildman–Crippen LogP) is 2.68. The molecule has 0 aromatic heterocycles. The van der Waals surface area contributed by atoms with Crippen LogP contribution in [0.5, 0.6) is 5.75 Å². The molecule has 19 heavy (non-hydrogen) atoms. The number of thiocarbonyl (C=S) groups is 1. The highest BCUT2D eigenvalue weighted by Crippen LogP contribution is 2.11. The number of benzene rings is 1. The third-order valence-corrected chi connectivity index (χ3v) is 2.60. The van der Waals surface area contributed by atoms with Crippen molar-refractivity contribution in [2.24, 2.45) is 5.10 Å². The van der Waals surface area contributed by atoms with E-state index in [1.165, 1.54) is 0 Å². The van der Waals surface area contributed by atoms with Crippen LogP contribution in [0.4, 0.5) is 0 Å². The normalized spacial score (nSPS) is 10.4. The van der Waals surface area contributed by atoms with E-state index in [0.29, 0.717) is 5.11 Å². The van der Waals surface area contributed by atoms with E-state index in [0.717, 1.165) is 37.3 Å². The Morgan fingerprint density at radius 1 is 1.32 bits per heavy atom. The highest BCUT2D eigenvalue weighted by Gasteiger charge is 1.94. The fourth-order valence-electron chi connectivity index (χ4n) is 1.35. The second-order valence-corrected chi connectivity index (χ2v) is 4.41. The van der Waals surface area contributed by atoms with Gasteiger partial charge in [0, 0.05) is 6.54 Å². The molecular weight excluding hydrogens is 258 g/mol. The maximum absolute atomic E-state index is 5.59. The van der Waals surface area contributed by atoms with Crippen molar-refractivity contribution >= 4 is 23.5 Å². The Morgan fingerprint density at radius 3 is 2.68 bits per heavy atom. The number of nitrogens with one attached hydrogen (secondary N) is 2. The Balaban J connectivity index is 2.39. The third-order valence-electron chi connectivity index (χ3n) is 2.36. The summed E-state index contributed by atoms with van der Waals surface area (Å²) in [6, 6.07) is 7.81. The number of rotatable bonds is 7. The van der Waals surface area contributed by atoms with Gasteiger partial charge in [-0.1, -0.05) is 13.3 Å². The number of hydrogen-bond acceptors (Lipinski definition) is 3. The Labute approximate surface area is 120 Å². The molecule has 0 saturated carbocycles. The molecule has 0 saturated heterocycles. The molecule has 5 heteroatoms. The van der Waals surface area contributed by atoms with E-state index in [1.54, 1.807) is 6.21 Å². The first kappa shape index (κ1) is 15.4. The summed E-state index contributed by atoms with van der Waals surface area (Å²) in [4.78, 5) is 0. The molecule has 1 rings (SSSR count).